The molecule has 0 bridgehead atoms. The van der Waals surface area contributed by atoms with E-state index in [4.69, 9.17) is 9.15 Å². The minimum atomic E-state index is -0.724. The van der Waals surface area contributed by atoms with E-state index in [1.54, 1.807) is 55.6 Å². The summed E-state index contributed by atoms with van der Waals surface area (Å²) in [6.45, 7) is 1.70. The van der Waals surface area contributed by atoms with E-state index in [0.717, 1.165) is 0 Å². The van der Waals surface area contributed by atoms with E-state index >= 15 is 0 Å². The summed E-state index contributed by atoms with van der Waals surface area (Å²) in [6, 6.07) is 13.8. The number of rotatable bonds is 3. The number of hydrogen-bond donors (Lipinski definition) is 0. The largest absolute Gasteiger partial charge is 0.452 e. The zero-order valence-corrected chi connectivity index (χ0v) is 11.9. The van der Waals surface area contributed by atoms with Gasteiger partial charge in [-0.05, 0) is 31.2 Å². The Balaban J connectivity index is 1.89. The van der Waals surface area contributed by atoms with Crippen molar-refractivity contribution < 1.29 is 13.9 Å². The van der Waals surface area contributed by atoms with Crippen LogP contribution in [0.2, 0.25) is 0 Å². The Bertz CT molecular complexity index is 870. The number of ether oxygens (including phenoxy) is 1. The second kappa shape index (κ2) is 5.81. The normalized spacial score (nSPS) is 12.0. The van der Waals surface area contributed by atoms with Crippen LogP contribution in [0.4, 0.5) is 0 Å². The number of nitrogens with zero attached hydrogens (tertiary/aromatic N) is 1. The molecule has 22 heavy (non-hydrogen) atoms. The minimum Gasteiger partial charge on any atom is -0.452 e. The maximum atomic E-state index is 12.2. The van der Waals surface area contributed by atoms with E-state index < -0.39 is 17.7 Å². The van der Waals surface area contributed by atoms with Crippen LogP contribution in [0.3, 0.4) is 0 Å². The van der Waals surface area contributed by atoms with Crippen molar-refractivity contribution in [2.45, 2.75) is 13.0 Å². The molecule has 3 rings (SSSR count). The van der Waals surface area contributed by atoms with Crippen LogP contribution in [0.1, 0.15) is 29.1 Å². The van der Waals surface area contributed by atoms with Gasteiger partial charge in [0, 0.05) is 11.6 Å². The van der Waals surface area contributed by atoms with E-state index in [9.17, 15) is 9.59 Å². The lowest BCUT2D eigenvalue weighted by atomic mass is 10.2. The summed E-state index contributed by atoms with van der Waals surface area (Å²) in [7, 11) is 0. The number of esters is 1. The first kappa shape index (κ1) is 14.0. The van der Waals surface area contributed by atoms with Gasteiger partial charge >= 0.3 is 11.6 Å². The van der Waals surface area contributed by atoms with Gasteiger partial charge in [0.25, 0.3) is 0 Å². The summed E-state index contributed by atoms with van der Waals surface area (Å²) in [5, 5.41) is 0.666. The van der Waals surface area contributed by atoms with E-state index in [0.29, 0.717) is 16.7 Å². The van der Waals surface area contributed by atoms with Crippen molar-refractivity contribution in [1.29, 1.82) is 0 Å². The van der Waals surface area contributed by atoms with E-state index in [1.165, 1.54) is 6.07 Å². The average Bonchev–Trinajstić information content (AvgIpc) is 2.54. The molecule has 0 aliphatic carbocycles. The molecule has 0 N–H and O–H groups in total. The van der Waals surface area contributed by atoms with Gasteiger partial charge in [-0.3, -0.25) is 4.98 Å². The lowest BCUT2D eigenvalue weighted by molar-refractivity contribution is 0.0325. The standard InChI is InChI=1S/C17H13NO4/c1-11(14-7-4-5-9-18-14)21-16(19)13-10-12-6-2-3-8-15(12)22-17(13)20/h2-11H,1H3. The molecule has 1 atom stereocenters. The molecular formula is C17H13NO4. The first-order chi connectivity index (χ1) is 10.6. The van der Waals surface area contributed by atoms with Crippen molar-refractivity contribution >= 4 is 16.9 Å². The molecule has 0 amide bonds. The molecule has 0 saturated carbocycles. The highest BCUT2D eigenvalue weighted by atomic mass is 16.5. The Morgan fingerprint density at radius 3 is 2.73 bits per heavy atom. The third-order valence-electron chi connectivity index (χ3n) is 3.25. The lowest BCUT2D eigenvalue weighted by Crippen LogP contribution is -2.18. The second-order valence-electron chi connectivity index (χ2n) is 4.79. The molecule has 0 radical (unpaired) electrons. The maximum Gasteiger partial charge on any atom is 0.351 e. The molecule has 2 heterocycles. The van der Waals surface area contributed by atoms with Gasteiger partial charge in [0.1, 0.15) is 17.3 Å². The SMILES string of the molecule is CC(OC(=O)c1cc2ccccc2oc1=O)c1ccccn1. The predicted molar refractivity (Wildman–Crippen MR) is 80.6 cm³/mol. The molecule has 1 aromatic carbocycles. The summed E-state index contributed by atoms with van der Waals surface area (Å²) >= 11 is 0. The van der Waals surface area contributed by atoms with Crippen LogP contribution in [-0.4, -0.2) is 11.0 Å². The Labute approximate surface area is 126 Å². The van der Waals surface area contributed by atoms with Gasteiger partial charge in [0.05, 0.1) is 5.69 Å². The average molecular weight is 295 g/mol. The number of carbonyl (C=O) groups excluding carboxylic acids is 1. The van der Waals surface area contributed by atoms with E-state index in [-0.39, 0.29) is 5.56 Å². The molecule has 5 nitrogen and oxygen atoms in total. The monoisotopic (exact) mass is 295 g/mol. The Hall–Kier alpha value is -2.95. The zero-order valence-electron chi connectivity index (χ0n) is 11.9. The lowest BCUT2D eigenvalue weighted by Gasteiger charge is -2.12. The quantitative estimate of drug-likeness (QED) is 0.548. The second-order valence-corrected chi connectivity index (χ2v) is 4.79. The number of hydrogen-bond acceptors (Lipinski definition) is 5. The molecule has 0 spiro atoms. The van der Waals surface area contributed by atoms with Gasteiger partial charge in [-0.1, -0.05) is 24.3 Å². The zero-order chi connectivity index (χ0) is 15.5. The fourth-order valence-corrected chi connectivity index (χ4v) is 2.11. The van der Waals surface area contributed by atoms with Crippen molar-refractivity contribution in [3.8, 4) is 0 Å². The molecule has 0 saturated heterocycles. The van der Waals surface area contributed by atoms with Crippen LogP contribution >= 0.6 is 0 Å². The fraction of sp³-hybridized carbons (Fsp3) is 0.118. The first-order valence-corrected chi connectivity index (χ1v) is 6.80. The summed E-state index contributed by atoms with van der Waals surface area (Å²) < 4.78 is 10.4. The van der Waals surface area contributed by atoms with E-state index in [2.05, 4.69) is 4.98 Å². The van der Waals surface area contributed by atoms with Crippen LogP contribution in [0.15, 0.2) is 63.9 Å². The molecular weight excluding hydrogens is 282 g/mol. The fourth-order valence-electron chi connectivity index (χ4n) is 2.11. The Morgan fingerprint density at radius 1 is 1.18 bits per heavy atom. The van der Waals surface area contributed by atoms with Crippen LogP contribution in [0.5, 0.6) is 0 Å². The Kier molecular flexibility index (Phi) is 3.70. The number of fused-ring (bicyclic) bond motifs is 1. The topological polar surface area (TPSA) is 69.4 Å². The van der Waals surface area contributed by atoms with Gasteiger partial charge in [0.15, 0.2) is 0 Å². The number of pyridine rings is 1. The minimum absolute atomic E-state index is 0.124. The molecule has 0 aliphatic heterocycles. The van der Waals surface area contributed by atoms with Crippen molar-refractivity contribution in [3.05, 3.63) is 76.4 Å². The third-order valence-corrected chi connectivity index (χ3v) is 3.25. The van der Waals surface area contributed by atoms with Gasteiger partial charge < -0.3 is 9.15 Å². The summed E-state index contributed by atoms with van der Waals surface area (Å²) in [6.07, 6.45) is 1.06. The third kappa shape index (κ3) is 2.74. The highest BCUT2D eigenvalue weighted by molar-refractivity contribution is 5.92. The van der Waals surface area contributed by atoms with E-state index in [1.807, 2.05) is 0 Å². The van der Waals surface area contributed by atoms with Gasteiger partial charge in [0.2, 0.25) is 0 Å². The molecule has 1 unspecified atom stereocenters. The van der Waals surface area contributed by atoms with Crippen molar-refractivity contribution in [2.75, 3.05) is 0 Å². The highest BCUT2D eigenvalue weighted by Gasteiger charge is 2.19. The number of aromatic nitrogens is 1. The number of para-hydroxylation sites is 1. The van der Waals surface area contributed by atoms with Crippen LogP contribution in [0, 0.1) is 0 Å². The molecule has 5 heteroatoms. The van der Waals surface area contributed by atoms with Crippen LogP contribution < -0.4 is 5.63 Å². The summed E-state index contributed by atoms with van der Waals surface area (Å²) in [5.41, 5.74) is 0.209. The highest BCUT2D eigenvalue weighted by Crippen LogP contribution is 2.17. The van der Waals surface area contributed by atoms with Crippen molar-refractivity contribution in [2.24, 2.45) is 0 Å². The van der Waals surface area contributed by atoms with Crippen molar-refractivity contribution in [1.82, 2.24) is 4.98 Å². The summed E-state index contributed by atoms with van der Waals surface area (Å²) in [4.78, 5) is 28.2. The molecule has 110 valence electrons. The van der Waals surface area contributed by atoms with Crippen LogP contribution in [-0.2, 0) is 4.74 Å². The predicted octanol–water partition coefficient (Wildman–Crippen LogP) is 3.11. The van der Waals surface area contributed by atoms with Gasteiger partial charge in [-0.2, -0.15) is 0 Å². The van der Waals surface area contributed by atoms with Crippen LogP contribution in [0.25, 0.3) is 11.0 Å². The molecule has 3 aromatic rings. The van der Waals surface area contributed by atoms with Gasteiger partial charge in [-0.15, -0.1) is 0 Å². The number of carbonyl (C=O) groups is 1. The first-order valence-electron chi connectivity index (χ1n) is 6.80. The summed E-state index contributed by atoms with van der Waals surface area (Å²) in [5.74, 6) is -0.724. The maximum absolute atomic E-state index is 12.2. The number of benzene rings is 1. The molecule has 2 aromatic heterocycles. The molecule has 0 aliphatic rings. The smallest absolute Gasteiger partial charge is 0.351 e. The van der Waals surface area contributed by atoms with Crippen molar-refractivity contribution in [3.63, 3.8) is 0 Å². The van der Waals surface area contributed by atoms with Gasteiger partial charge in [-0.25, -0.2) is 9.59 Å². The molecule has 0 fully saturated rings. The Morgan fingerprint density at radius 2 is 1.95 bits per heavy atom.